The smallest absolute Gasteiger partial charge is 0.307 e. The van der Waals surface area contributed by atoms with Gasteiger partial charge in [-0.2, -0.15) is 0 Å². The molecule has 8 nitrogen and oxygen atoms in total. The first-order valence-corrected chi connectivity index (χ1v) is 11.7. The number of sulfonamides is 1. The average Bonchev–Trinajstić information content (AvgIpc) is 2.94. The van der Waals surface area contributed by atoms with E-state index in [0.29, 0.717) is 17.1 Å². The Hall–Kier alpha value is -2.85. The fraction of sp³-hybridized carbons (Fsp3) is 0.300. The van der Waals surface area contributed by atoms with Gasteiger partial charge in [0.1, 0.15) is 11.8 Å². The van der Waals surface area contributed by atoms with E-state index in [1.54, 1.807) is 43.4 Å². The second kappa shape index (κ2) is 8.11. The van der Waals surface area contributed by atoms with Crippen molar-refractivity contribution in [3.8, 4) is 5.75 Å². The SMILES string of the molecule is COc1ccc(C)cc1N(C(C)C(=O)Nc1ccc2c(c1)sc(=O)n2C)S(C)(=O)=O. The Labute approximate surface area is 178 Å². The van der Waals surface area contributed by atoms with Gasteiger partial charge in [0.15, 0.2) is 0 Å². The molecule has 1 aromatic heterocycles. The number of carbonyl (C=O) groups is 1. The largest absolute Gasteiger partial charge is 0.495 e. The fourth-order valence-corrected chi connectivity index (χ4v) is 5.30. The van der Waals surface area contributed by atoms with Gasteiger partial charge in [0.05, 0.1) is 29.3 Å². The predicted octanol–water partition coefficient (Wildman–Crippen LogP) is 2.71. The lowest BCUT2D eigenvalue weighted by Crippen LogP contribution is -2.45. The van der Waals surface area contributed by atoms with Crippen LogP contribution in [0, 0.1) is 6.92 Å². The van der Waals surface area contributed by atoms with Crippen molar-refractivity contribution in [1.29, 1.82) is 0 Å². The molecule has 0 spiro atoms. The van der Waals surface area contributed by atoms with Gasteiger partial charge in [0, 0.05) is 12.7 Å². The molecule has 0 aliphatic heterocycles. The number of nitrogens with one attached hydrogen (secondary N) is 1. The van der Waals surface area contributed by atoms with Crippen LogP contribution in [-0.4, -0.2) is 38.3 Å². The fourth-order valence-electron chi connectivity index (χ4n) is 3.21. The summed E-state index contributed by atoms with van der Waals surface area (Å²) in [4.78, 5) is 24.7. The predicted molar refractivity (Wildman–Crippen MR) is 120 cm³/mol. The molecule has 0 saturated heterocycles. The summed E-state index contributed by atoms with van der Waals surface area (Å²) in [6, 6.07) is 9.21. The second-order valence-electron chi connectivity index (χ2n) is 7.01. The number of carbonyl (C=O) groups excluding carboxylic acids is 1. The molecule has 0 aliphatic rings. The zero-order valence-electron chi connectivity index (χ0n) is 17.3. The summed E-state index contributed by atoms with van der Waals surface area (Å²) in [6.07, 6.45) is 1.05. The van der Waals surface area contributed by atoms with Gasteiger partial charge in [0.2, 0.25) is 15.9 Å². The standard InChI is InChI=1S/C20H23N3O5S2/c1-12-6-9-17(28-4)16(10-12)23(30(5,26)27)13(2)19(24)21-14-7-8-15-18(11-14)29-20(25)22(15)3/h6-11,13H,1-5H3,(H,21,24). The minimum absolute atomic E-state index is 0.100. The van der Waals surface area contributed by atoms with Crippen molar-refractivity contribution in [2.24, 2.45) is 7.05 Å². The Kier molecular flexibility index (Phi) is 5.91. The lowest BCUT2D eigenvalue weighted by Gasteiger charge is -2.29. The van der Waals surface area contributed by atoms with Crippen LogP contribution in [0.15, 0.2) is 41.2 Å². The van der Waals surface area contributed by atoms with Crippen molar-refractivity contribution < 1.29 is 17.9 Å². The Morgan fingerprint density at radius 3 is 2.57 bits per heavy atom. The molecule has 0 fully saturated rings. The molecule has 30 heavy (non-hydrogen) atoms. The molecular weight excluding hydrogens is 426 g/mol. The third-order valence-corrected chi connectivity index (χ3v) is 6.94. The van der Waals surface area contributed by atoms with Crippen molar-refractivity contribution in [3.63, 3.8) is 0 Å². The van der Waals surface area contributed by atoms with E-state index < -0.39 is 22.0 Å². The minimum Gasteiger partial charge on any atom is -0.495 e. The molecule has 0 radical (unpaired) electrons. The Morgan fingerprint density at radius 1 is 1.23 bits per heavy atom. The summed E-state index contributed by atoms with van der Waals surface area (Å²) in [5, 5.41) is 2.75. The molecule has 0 aliphatic carbocycles. The summed E-state index contributed by atoms with van der Waals surface area (Å²) in [7, 11) is -0.665. The van der Waals surface area contributed by atoms with Crippen LogP contribution >= 0.6 is 11.3 Å². The Balaban J connectivity index is 1.96. The highest BCUT2D eigenvalue weighted by Gasteiger charge is 2.31. The van der Waals surface area contributed by atoms with Gasteiger partial charge in [-0.3, -0.25) is 13.9 Å². The lowest BCUT2D eigenvalue weighted by atomic mass is 10.2. The number of ether oxygens (including phenoxy) is 1. The van der Waals surface area contributed by atoms with Gasteiger partial charge < -0.3 is 14.6 Å². The van der Waals surface area contributed by atoms with Crippen LogP contribution in [0.3, 0.4) is 0 Å². The number of fused-ring (bicyclic) bond motifs is 1. The normalized spacial score (nSPS) is 12.6. The number of nitrogens with zero attached hydrogens (tertiary/aromatic N) is 2. The molecule has 3 rings (SSSR count). The average molecular weight is 450 g/mol. The number of aromatic nitrogens is 1. The van der Waals surface area contributed by atoms with Crippen LogP contribution in [0.5, 0.6) is 5.75 Å². The molecule has 1 N–H and O–H groups in total. The number of benzene rings is 2. The maximum absolute atomic E-state index is 12.9. The van der Waals surface area contributed by atoms with Crippen molar-refractivity contribution in [2.75, 3.05) is 23.0 Å². The molecule has 1 unspecified atom stereocenters. The van der Waals surface area contributed by atoms with E-state index in [1.807, 2.05) is 6.92 Å². The molecule has 2 aromatic carbocycles. The topological polar surface area (TPSA) is 97.7 Å². The Morgan fingerprint density at radius 2 is 1.93 bits per heavy atom. The molecule has 1 heterocycles. The van der Waals surface area contributed by atoms with E-state index in [0.717, 1.165) is 37.7 Å². The van der Waals surface area contributed by atoms with E-state index in [4.69, 9.17) is 4.74 Å². The number of amides is 1. The van der Waals surface area contributed by atoms with Gasteiger partial charge in [0.25, 0.3) is 0 Å². The van der Waals surface area contributed by atoms with Gasteiger partial charge in [-0.1, -0.05) is 17.4 Å². The van der Waals surface area contributed by atoms with Crippen molar-refractivity contribution >= 4 is 48.9 Å². The molecule has 0 saturated carbocycles. The van der Waals surface area contributed by atoms with E-state index in [9.17, 15) is 18.0 Å². The van der Waals surface area contributed by atoms with Crippen LogP contribution in [0.25, 0.3) is 10.2 Å². The van der Waals surface area contributed by atoms with Crippen LogP contribution in [0.1, 0.15) is 12.5 Å². The summed E-state index contributed by atoms with van der Waals surface area (Å²) < 4.78 is 33.8. The van der Waals surface area contributed by atoms with Crippen molar-refractivity contribution in [1.82, 2.24) is 4.57 Å². The maximum Gasteiger partial charge on any atom is 0.307 e. The van der Waals surface area contributed by atoms with Crippen molar-refractivity contribution in [3.05, 3.63) is 51.6 Å². The molecule has 3 aromatic rings. The van der Waals surface area contributed by atoms with Gasteiger partial charge in [-0.05, 0) is 49.7 Å². The zero-order chi connectivity index (χ0) is 22.2. The molecule has 160 valence electrons. The summed E-state index contributed by atoms with van der Waals surface area (Å²) in [6.45, 7) is 3.34. The Bertz CT molecular complexity index is 1280. The van der Waals surface area contributed by atoms with Crippen LogP contribution < -0.4 is 19.2 Å². The molecule has 1 amide bonds. The van der Waals surface area contributed by atoms with Gasteiger partial charge in [-0.25, -0.2) is 8.42 Å². The van der Waals surface area contributed by atoms with Crippen LogP contribution in [-0.2, 0) is 21.9 Å². The molecular formula is C20H23N3O5S2. The van der Waals surface area contributed by atoms with Crippen molar-refractivity contribution in [2.45, 2.75) is 19.9 Å². The third-order valence-electron chi connectivity index (χ3n) is 4.72. The minimum atomic E-state index is -3.79. The van der Waals surface area contributed by atoms with E-state index >= 15 is 0 Å². The monoisotopic (exact) mass is 449 g/mol. The zero-order valence-corrected chi connectivity index (χ0v) is 18.9. The van der Waals surface area contributed by atoms with Gasteiger partial charge in [-0.15, -0.1) is 0 Å². The highest BCUT2D eigenvalue weighted by molar-refractivity contribution is 7.92. The number of methoxy groups -OCH3 is 1. The first kappa shape index (κ1) is 21.8. The number of rotatable bonds is 6. The summed E-state index contributed by atoms with van der Waals surface area (Å²) in [5.41, 5.74) is 2.36. The van der Waals surface area contributed by atoms with Gasteiger partial charge >= 0.3 is 4.87 Å². The summed E-state index contributed by atoms with van der Waals surface area (Å²) >= 11 is 1.08. The number of hydrogen-bond acceptors (Lipinski definition) is 6. The highest BCUT2D eigenvalue weighted by Crippen LogP contribution is 2.33. The first-order valence-electron chi connectivity index (χ1n) is 9.07. The van der Waals surface area contributed by atoms with Crippen LogP contribution in [0.4, 0.5) is 11.4 Å². The van der Waals surface area contributed by atoms with E-state index in [1.165, 1.54) is 18.6 Å². The maximum atomic E-state index is 12.9. The van der Waals surface area contributed by atoms with E-state index in [2.05, 4.69) is 5.32 Å². The number of thiazole rings is 1. The van der Waals surface area contributed by atoms with E-state index in [-0.39, 0.29) is 4.87 Å². The third kappa shape index (κ3) is 4.19. The molecule has 1 atom stereocenters. The quantitative estimate of drug-likeness (QED) is 0.624. The number of hydrogen-bond donors (Lipinski definition) is 1. The first-order chi connectivity index (χ1) is 14.0. The summed E-state index contributed by atoms with van der Waals surface area (Å²) in [5.74, 6) is -0.159. The number of aryl methyl sites for hydroxylation is 2. The highest BCUT2D eigenvalue weighted by atomic mass is 32.2. The molecule has 0 bridgehead atoms. The number of anilines is 2. The lowest BCUT2D eigenvalue weighted by molar-refractivity contribution is -0.116. The molecule has 10 heteroatoms. The second-order valence-corrected chi connectivity index (χ2v) is 9.86. The van der Waals surface area contributed by atoms with Crippen LogP contribution in [0.2, 0.25) is 0 Å².